The molecule has 0 aromatic heterocycles. The summed E-state index contributed by atoms with van der Waals surface area (Å²) >= 11 is 6.25. The lowest BCUT2D eigenvalue weighted by molar-refractivity contribution is -0.138. The van der Waals surface area contributed by atoms with E-state index in [0.29, 0.717) is 4.47 Å². The Balaban J connectivity index is 2.59. The molecule has 0 atom stereocenters. The Morgan fingerprint density at radius 3 is 2.00 bits per heavy atom. The van der Waals surface area contributed by atoms with Crippen LogP contribution >= 0.6 is 31.9 Å². The van der Waals surface area contributed by atoms with Crippen LogP contribution in [0.4, 0.5) is 4.39 Å². The molecule has 29 heavy (non-hydrogen) atoms. The van der Waals surface area contributed by atoms with E-state index >= 15 is 0 Å². The van der Waals surface area contributed by atoms with Crippen molar-refractivity contribution in [3.63, 3.8) is 0 Å². The molecule has 0 saturated carbocycles. The van der Waals surface area contributed by atoms with Gasteiger partial charge in [-0.15, -0.1) is 0 Å². The number of halogens is 3. The summed E-state index contributed by atoms with van der Waals surface area (Å²) in [6.07, 6.45) is 0. The third kappa shape index (κ3) is 5.64. The van der Waals surface area contributed by atoms with Crippen LogP contribution in [0.15, 0.2) is 55.1 Å². The molecule has 156 valence electrons. The quantitative estimate of drug-likeness (QED) is 0.591. The molecule has 0 unspecified atom stereocenters. The van der Waals surface area contributed by atoms with Gasteiger partial charge in [0.1, 0.15) is 12.4 Å². The third-order valence-corrected chi connectivity index (χ3v) is 6.55. The van der Waals surface area contributed by atoms with Gasteiger partial charge in [0.15, 0.2) is 0 Å². The van der Waals surface area contributed by atoms with Crippen LogP contribution in [0.1, 0.15) is 31.1 Å². The van der Waals surface area contributed by atoms with Crippen LogP contribution in [0.5, 0.6) is 0 Å². The molecule has 6 nitrogen and oxygen atoms in total. The number of carbonyl (C=O) groups excluding carboxylic acids is 1. The Morgan fingerprint density at radius 1 is 1.00 bits per heavy atom. The number of carboxylic acids is 1. The van der Waals surface area contributed by atoms with Gasteiger partial charge in [0, 0.05) is 20.0 Å². The predicted molar refractivity (Wildman–Crippen MR) is 112 cm³/mol. The average Bonchev–Trinajstić information content (AvgIpc) is 2.56. The second kappa shape index (κ2) is 8.53. The molecule has 2 aromatic rings. The molecule has 2 rings (SSSR count). The van der Waals surface area contributed by atoms with Crippen LogP contribution in [0, 0.1) is 5.82 Å². The minimum absolute atomic E-state index is 0.00964. The average molecular weight is 551 g/mol. The molecule has 0 aliphatic carbocycles. The zero-order valence-electron chi connectivity index (χ0n) is 15.7. The van der Waals surface area contributed by atoms with Crippen LogP contribution in [-0.4, -0.2) is 42.4 Å². The van der Waals surface area contributed by atoms with E-state index < -0.39 is 39.6 Å². The first-order valence-corrected chi connectivity index (χ1v) is 11.3. The van der Waals surface area contributed by atoms with E-state index in [-0.39, 0.29) is 19.8 Å². The van der Waals surface area contributed by atoms with E-state index in [1.165, 1.54) is 18.2 Å². The van der Waals surface area contributed by atoms with Gasteiger partial charge in [0.25, 0.3) is 5.91 Å². The highest BCUT2D eigenvalue weighted by Crippen LogP contribution is 2.29. The predicted octanol–water partition coefficient (Wildman–Crippen LogP) is 4.51. The number of nitrogens with zero attached hydrogens (tertiary/aromatic N) is 1. The van der Waals surface area contributed by atoms with Gasteiger partial charge in [-0.05, 0) is 57.2 Å². The van der Waals surface area contributed by atoms with Gasteiger partial charge in [0.2, 0.25) is 9.84 Å². The molecule has 0 radical (unpaired) electrons. The van der Waals surface area contributed by atoms with E-state index in [1.807, 2.05) is 0 Å². The SMILES string of the molecule is CC(C)(C)N(CC(=O)O)C(=O)c1cc(Br)cc(S(=O)(=O)c2cc(F)cc(Br)c2)c1. The van der Waals surface area contributed by atoms with Crippen LogP contribution < -0.4 is 0 Å². The van der Waals surface area contributed by atoms with Gasteiger partial charge in [-0.2, -0.15) is 0 Å². The largest absolute Gasteiger partial charge is 0.480 e. The number of carboxylic acid groups (broad SMARTS) is 1. The number of hydrogen-bond donors (Lipinski definition) is 1. The zero-order valence-corrected chi connectivity index (χ0v) is 19.7. The summed E-state index contributed by atoms with van der Waals surface area (Å²) in [4.78, 5) is 24.8. The summed E-state index contributed by atoms with van der Waals surface area (Å²) in [7, 11) is -4.13. The number of rotatable bonds is 5. The van der Waals surface area contributed by atoms with Gasteiger partial charge >= 0.3 is 5.97 Å². The van der Waals surface area contributed by atoms with Crippen molar-refractivity contribution in [2.45, 2.75) is 36.1 Å². The van der Waals surface area contributed by atoms with Crippen molar-refractivity contribution in [1.82, 2.24) is 4.90 Å². The van der Waals surface area contributed by atoms with Crippen molar-refractivity contribution in [3.8, 4) is 0 Å². The van der Waals surface area contributed by atoms with Crippen molar-refractivity contribution >= 4 is 53.6 Å². The maximum atomic E-state index is 13.7. The smallest absolute Gasteiger partial charge is 0.323 e. The highest BCUT2D eigenvalue weighted by molar-refractivity contribution is 9.10. The molecule has 1 amide bonds. The molecular weight excluding hydrogens is 533 g/mol. The number of benzene rings is 2. The fourth-order valence-corrected chi connectivity index (χ4v) is 5.21. The van der Waals surface area contributed by atoms with Gasteiger partial charge in [-0.25, -0.2) is 12.8 Å². The van der Waals surface area contributed by atoms with E-state index in [1.54, 1.807) is 20.8 Å². The number of carbonyl (C=O) groups is 2. The maximum absolute atomic E-state index is 13.7. The number of sulfone groups is 1. The minimum Gasteiger partial charge on any atom is -0.480 e. The first-order valence-electron chi connectivity index (χ1n) is 8.27. The normalized spacial score (nSPS) is 11.9. The molecule has 0 aliphatic rings. The second-order valence-electron chi connectivity index (χ2n) is 7.24. The second-order valence-corrected chi connectivity index (χ2v) is 11.0. The third-order valence-electron chi connectivity index (χ3n) is 3.92. The van der Waals surface area contributed by atoms with Crippen LogP contribution in [0.25, 0.3) is 0 Å². The lowest BCUT2D eigenvalue weighted by Gasteiger charge is -2.34. The minimum atomic E-state index is -4.13. The van der Waals surface area contributed by atoms with Crippen LogP contribution in [0.2, 0.25) is 0 Å². The van der Waals surface area contributed by atoms with Crippen molar-refractivity contribution in [1.29, 1.82) is 0 Å². The van der Waals surface area contributed by atoms with Crippen molar-refractivity contribution in [3.05, 3.63) is 56.7 Å². The van der Waals surface area contributed by atoms with E-state index in [2.05, 4.69) is 31.9 Å². The Kier molecular flexibility index (Phi) is 6.91. The molecule has 0 heterocycles. The zero-order chi connectivity index (χ0) is 22.1. The lowest BCUT2D eigenvalue weighted by Crippen LogP contribution is -2.48. The molecule has 0 saturated heterocycles. The number of aliphatic carboxylic acids is 1. The Morgan fingerprint density at radius 2 is 1.52 bits per heavy atom. The summed E-state index contributed by atoms with van der Waals surface area (Å²) in [5, 5.41) is 9.14. The lowest BCUT2D eigenvalue weighted by atomic mass is 10.0. The highest BCUT2D eigenvalue weighted by atomic mass is 79.9. The fraction of sp³-hybridized carbons (Fsp3) is 0.263. The molecular formula is C19H18Br2FNO5S. The first-order chi connectivity index (χ1) is 13.2. The Bertz CT molecular complexity index is 1060. The summed E-state index contributed by atoms with van der Waals surface area (Å²) < 4.78 is 40.2. The maximum Gasteiger partial charge on any atom is 0.323 e. The van der Waals surface area contributed by atoms with Gasteiger partial charge < -0.3 is 10.0 Å². The summed E-state index contributed by atoms with van der Waals surface area (Å²) in [5.74, 6) is -2.57. The van der Waals surface area contributed by atoms with E-state index in [4.69, 9.17) is 5.11 Å². The first kappa shape index (κ1) is 23.5. The van der Waals surface area contributed by atoms with Gasteiger partial charge in [0.05, 0.1) is 9.79 Å². The van der Waals surface area contributed by atoms with E-state index in [0.717, 1.165) is 23.1 Å². The summed E-state index contributed by atoms with van der Waals surface area (Å²) in [6, 6.07) is 7.12. The van der Waals surface area contributed by atoms with Gasteiger partial charge in [-0.1, -0.05) is 31.9 Å². The number of amides is 1. The standard InChI is InChI=1S/C19H18Br2FNO5S/c1-19(2,3)23(10-17(24)25)18(26)11-4-12(20)7-15(5-11)29(27,28)16-8-13(21)6-14(22)9-16/h4-9H,10H2,1-3H3,(H,24,25). The molecule has 0 fully saturated rings. The summed E-state index contributed by atoms with van der Waals surface area (Å²) in [5.41, 5.74) is -0.825. The molecule has 10 heteroatoms. The number of hydrogen-bond acceptors (Lipinski definition) is 4. The van der Waals surface area contributed by atoms with Crippen molar-refractivity contribution in [2.24, 2.45) is 0 Å². The Hall–Kier alpha value is -1.78. The highest BCUT2D eigenvalue weighted by Gasteiger charge is 2.30. The molecule has 2 aromatic carbocycles. The van der Waals surface area contributed by atoms with Crippen LogP contribution in [-0.2, 0) is 14.6 Å². The summed E-state index contributed by atoms with van der Waals surface area (Å²) in [6.45, 7) is 4.48. The van der Waals surface area contributed by atoms with Gasteiger partial charge in [-0.3, -0.25) is 9.59 Å². The van der Waals surface area contributed by atoms with Crippen molar-refractivity contribution in [2.75, 3.05) is 6.54 Å². The van der Waals surface area contributed by atoms with Crippen molar-refractivity contribution < 1.29 is 27.5 Å². The topological polar surface area (TPSA) is 91.8 Å². The van der Waals surface area contributed by atoms with Crippen LogP contribution in [0.3, 0.4) is 0 Å². The fourth-order valence-electron chi connectivity index (χ4n) is 2.57. The molecule has 0 spiro atoms. The molecule has 0 bridgehead atoms. The molecule has 1 N–H and O–H groups in total. The van der Waals surface area contributed by atoms with E-state index in [9.17, 15) is 22.4 Å². The Labute approximate surface area is 184 Å². The monoisotopic (exact) mass is 549 g/mol. The molecule has 0 aliphatic heterocycles.